The molecule has 0 saturated heterocycles. The molecule has 0 amide bonds. The van der Waals surface area contributed by atoms with Crippen LogP contribution in [-0.2, 0) is 6.54 Å². The second-order valence-electron chi connectivity index (χ2n) is 6.02. The van der Waals surface area contributed by atoms with Crippen molar-refractivity contribution in [3.8, 4) is 11.3 Å². The lowest BCUT2D eigenvalue weighted by molar-refractivity contribution is 0.0694. The van der Waals surface area contributed by atoms with Gasteiger partial charge in [-0.25, -0.2) is 4.79 Å². The maximum absolute atomic E-state index is 12.5. The highest BCUT2D eigenvalue weighted by Crippen LogP contribution is 2.22. The highest BCUT2D eigenvalue weighted by atomic mass is 16.4. The molecule has 2 aromatic rings. The number of carbonyl (C=O) groups is 1. The summed E-state index contributed by atoms with van der Waals surface area (Å²) in [7, 11) is 0. The van der Waals surface area contributed by atoms with Crippen LogP contribution in [-0.4, -0.2) is 15.6 Å². The number of aromatic nitrogens is 1. The summed E-state index contributed by atoms with van der Waals surface area (Å²) >= 11 is 0. The van der Waals surface area contributed by atoms with Gasteiger partial charge in [0.1, 0.15) is 5.56 Å². The molecule has 4 nitrogen and oxygen atoms in total. The number of rotatable bonds is 6. The van der Waals surface area contributed by atoms with E-state index >= 15 is 0 Å². The molecular weight excluding hydrogens is 290 g/mol. The van der Waals surface area contributed by atoms with E-state index < -0.39 is 11.5 Å². The van der Waals surface area contributed by atoms with E-state index in [4.69, 9.17) is 5.11 Å². The molecule has 23 heavy (non-hydrogen) atoms. The van der Waals surface area contributed by atoms with Gasteiger partial charge in [0.05, 0.1) is 5.69 Å². The van der Waals surface area contributed by atoms with Crippen molar-refractivity contribution in [3.63, 3.8) is 0 Å². The van der Waals surface area contributed by atoms with Gasteiger partial charge in [0.25, 0.3) is 5.56 Å². The van der Waals surface area contributed by atoms with Gasteiger partial charge in [-0.1, -0.05) is 51.5 Å². The lowest BCUT2D eigenvalue weighted by Gasteiger charge is -2.14. The molecule has 0 aliphatic heterocycles. The third kappa shape index (κ3) is 3.70. The van der Waals surface area contributed by atoms with E-state index in [1.165, 1.54) is 11.6 Å². The summed E-state index contributed by atoms with van der Waals surface area (Å²) in [5.41, 5.74) is 2.32. The Kier molecular flexibility index (Phi) is 5.37. The second-order valence-corrected chi connectivity index (χ2v) is 6.02. The molecule has 0 unspecified atom stereocenters. The number of aromatic carboxylic acids is 1. The van der Waals surface area contributed by atoms with Crippen LogP contribution in [0.4, 0.5) is 0 Å². The van der Waals surface area contributed by atoms with E-state index in [9.17, 15) is 9.59 Å². The minimum Gasteiger partial charge on any atom is -0.477 e. The smallest absolute Gasteiger partial charge is 0.341 e. The van der Waals surface area contributed by atoms with Gasteiger partial charge in [-0.15, -0.1) is 0 Å². The van der Waals surface area contributed by atoms with Gasteiger partial charge < -0.3 is 9.67 Å². The third-order valence-corrected chi connectivity index (χ3v) is 4.01. The zero-order valence-corrected chi connectivity index (χ0v) is 13.9. The second kappa shape index (κ2) is 7.27. The van der Waals surface area contributed by atoms with Gasteiger partial charge in [-0.3, -0.25) is 4.79 Å². The van der Waals surface area contributed by atoms with E-state index in [2.05, 4.69) is 26.0 Å². The number of unbranched alkanes of at least 4 members (excludes halogenated alkanes) is 1. The fourth-order valence-electron chi connectivity index (χ4n) is 2.57. The molecule has 1 heterocycles. The molecule has 0 aliphatic rings. The number of pyridine rings is 1. The summed E-state index contributed by atoms with van der Waals surface area (Å²) < 4.78 is 1.58. The van der Waals surface area contributed by atoms with Crippen LogP contribution in [0, 0.1) is 0 Å². The summed E-state index contributed by atoms with van der Waals surface area (Å²) in [6.07, 6.45) is 1.77. The summed E-state index contributed by atoms with van der Waals surface area (Å²) in [6.45, 7) is 6.84. The van der Waals surface area contributed by atoms with Gasteiger partial charge in [0, 0.05) is 6.54 Å². The molecular formula is C19H23NO3. The molecule has 0 aliphatic carbocycles. The van der Waals surface area contributed by atoms with Crippen molar-refractivity contribution in [1.29, 1.82) is 0 Å². The van der Waals surface area contributed by atoms with Gasteiger partial charge >= 0.3 is 5.97 Å². The topological polar surface area (TPSA) is 59.3 Å². The number of benzene rings is 1. The maximum atomic E-state index is 12.5. The molecule has 0 spiro atoms. The minimum absolute atomic E-state index is 0.177. The molecule has 2 rings (SSSR count). The summed E-state index contributed by atoms with van der Waals surface area (Å²) in [5, 5.41) is 9.16. The Balaban J connectivity index is 2.54. The minimum atomic E-state index is -1.18. The van der Waals surface area contributed by atoms with Gasteiger partial charge in [-0.2, -0.15) is 0 Å². The maximum Gasteiger partial charge on any atom is 0.341 e. The van der Waals surface area contributed by atoms with Crippen molar-refractivity contribution in [2.24, 2.45) is 0 Å². The Morgan fingerprint density at radius 2 is 1.78 bits per heavy atom. The van der Waals surface area contributed by atoms with Crippen LogP contribution in [0.15, 0.2) is 41.2 Å². The average Bonchev–Trinajstić information content (AvgIpc) is 2.53. The Hall–Kier alpha value is -2.36. The van der Waals surface area contributed by atoms with Crippen molar-refractivity contribution < 1.29 is 9.90 Å². The number of carboxylic acids is 1. The average molecular weight is 313 g/mol. The number of nitrogens with zero attached hydrogens (tertiary/aromatic N) is 1. The van der Waals surface area contributed by atoms with Crippen molar-refractivity contribution in [2.75, 3.05) is 0 Å². The molecule has 0 saturated carbocycles. The molecule has 4 heteroatoms. The monoisotopic (exact) mass is 313 g/mol. The largest absolute Gasteiger partial charge is 0.477 e. The molecule has 122 valence electrons. The first-order chi connectivity index (χ1) is 11.0. The van der Waals surface area contributed by atoms with Gasteiger partial charge in [-0.05, 0) is 35.6 Å². The Morgan fingerprint density at radius 1 is 1.13 bits per heavy atom. The Bertz CT molecular complexity index is 742. The predicted molar refractivity (Wildman–Crippen MR) is 92.1 cm³/mol. The van der Waals surface area contributed by atoms with E-state index in [0.29, 0.717) is 12.5 Å². The first-order valence-corrected chi connectivity index (χ1v) is 8.03. The molecule has 0 atom stereocenters. The zero-order valence-electron chi connectivity index (χ0n) is 13.9. The Labute approximate surface area is 136 Å². The van der Waals surface area contributed by atoms with E-state index in [1.54, 1.807) is 10.6 Å². The number of hydrogen-bond acceptors (Lipinski definition) is 2. The number of hydrogen-bond donors (Lipinski definition) is 1. The zero-order chi connectivity index (χ0) is 17.0. The molecule has 1 N–H and O–H groups in total. The molecule has 0 radical (unpaired) electrons. The van der Waals surface area contributed by atoms with Crippen LogP contribution in [0.3, 0.4) is 0 Å². The fourth-order valence-corrected chi connectivity index (χ4v) is 2.57. The first-order valence-electron chi connectivity index (χ1n) is 8.03. The number of carboxylic acid groups (broad SMARTS) is 1. The molecule has 0 bridgehead atoms. The van der Waals surface area contributed by atoms with Gasteiger partial charge in [0.2, 0.25) is 0 Å². The predicted octanol–water partition coefficient (Wildman–Crippen LogP) is 4.14. The van der Waals surface area contributed by atoms with E-state index in [1.807, 2.05) is 19.1 Å². The van der Waals surface area contributed by atoms with Crippen molar-refractivity contribution in [1.82, 2.24) is 4.57 Å². The summed E-state index contributed by atoms with van der Waals surface area (Å²) in [5.74, 6) is -0.734. The molecule has 0 fully saturated rings. The highest BCUT2D eigenvalue weighted by molar-refractivity contribution is 5.87. The van der Waals surface area contributed by atoms with Crippen molar-refractivity contribution in [2.45, 2.75) is 46.1 Å². The Morgan fingerprint density at radius 3 is 2.30 bits per heavy atom. The lowest BCUT2D eigenvalue weighted by atomic mass is 10.0. The van der Waals surface area contributed by atoms with E-state index in [0.717, 1.165) is 24.1 Å². The van der Waals surface area contributed by atoms with Crippen LogP contribution in [0.5, 0.6) is 0 Å². The first kappa shape index (κ1) is 17.0. The summed E-state index contributed by atoms with van der Waals surface area (Å²) in [6, 6.07) is 11.2. The highest BCUT2D eigenvalue weighted by Gasteiger charge is 2.15. The molecule has 1 aromatic carbocycles. The van der Waals surface area contributed by atoms with Crippen LogP contribution >= 0.6 is 0 Å². The standard InChI is InChI=1S/C19H23NO3/c1-4-5-12-20-17(11-10-16(18(20)21)19(22)23)15-8-6-14(7-9-15)13(2)3/h6-11,13H,4-5,12H2,1-3H3,(H,22,23). The van der Waals surface area contributed by atoms with Crippen LogP contribution in [0.1, 0.15) is 55.5 Å². The normalized spacial score (nSPS) is 11.0. The fraction of sp³-hybridized carbons (Fsp3) is 0.368. The van der Waals surface area contributed by atoms with Crippen LogP contribution in [0.2, 0.25) is 0 Å². The van der Waals surface area contributed by atoms with Crippen molar-refractivity contribution in [3.05, 3.63) is 57.9 Å². The lowest BCUT2D eigenvalue weighted by Crippen LogP contribution is -2.27. The summed E-state index contributed by atoms with van der Waals surface area (Å²) in [4.78, 5) is 23.7. The molecule has 1 aromatic heterocycles. The van der Waals surface area contributed by atoms with Crippen molar-refractivity contribution >= 4 is 5.97 Å². The van der Waals surface area contributed by atoms with Crippen LogP contribution in [0.25, 0.3) is 11.3 Å². The quantitative estimate of drug-likeness (QED) is 0.872. The third-order valence-electron chi connectivity index (χ3n) is 4.01. The SMILES string of the molecule is CCCCn1c(-c2ccc(C(C)C)cc2)ccc(C(=O)O)c1=O. The van der Waals surface area contributed by atoms with Gasteiger partial charge in [0.15, 0.2) is 0 Å². The van der Waals surface area contributed by atoms with E-state index in [-0.39, 0.29) is 5.56 Å². The van der Waals surface area contributed by atoms with Crippen LogP contribution < -0.4 is 5.56 Å².